The Morgan fingerprint density at radius 1 is 1.45 bits per heavy atom. The molecule has 0 saturated carbocycles. The third-order valence-electron chi connectivity index (χ3n) is 3.40. The molecule has 20 heavy (non-hydrogen) atoms. The number of aromatic nitrogens is 2. The van der Waals surface area contributed by atoms with Crippen LogP contribution >= 0.6 is 11.3 Å². The first-order valence-corrected chi connectivity index (χ1v) is 7.24. The molecule has 0 saturated heterocycles. The number of rotatable bonds is 2. The second kappa shape index (κ2) is 4.82. The maximum atomic E-state index is 12.0. The molecule has 2 N–H and O–H groups in total. The van der Waals surface area contributed by atoms with E-state index in [1.54, 1.807) is 19.0 Å². The van der Waals surface area contributed by atoms with E-state index in [1.807, 2.05) is 18.5 Å². The molecular formula is C13H17N5OS. The fourth-order valence-electron chi connectivity index (χ4n) is 2.28. The number of carbonyl (C=O) groups is 1. The zero-order chi connectivity index (χ0) is 14.3. The van der Waals surface area contributed by atoms with E-state index >= 15 is 0 Å². The molecule has 1 aliphatic rings. The lowest BCUT2D eigenvalue weighted by molar-refractivity contribution is 0.0833. The van der Waals surface area contributed by atoms with Crippen LogP contribution in [0.1, 0.15) is 15.5 Å². The van der Waals surface area contributed by atoms with E-state index in [0.29, 0.717) is 10.6 Å². The Balaban J connectivity index is 1.86. The first-order valence-electron chi connectivity index (χ1n) is 6.42. The van der Waals surface area contributed by atoms with Gasteiger partial charge < -0.3 is 20.1 Å². The van der Waals surface area contributed by atoms with Crippen molar-refractivity contribution in [3.8, 4) is 0 Å². The van der Waals surface area contributed by atoms with Crippen LogP contribution in [0, 0.1) is 0 Å². The fraction of sp³-hybridized carbons (Fsp3) is 0.385. The zero-order valence-electron chi connectivity index (χ0n) is 11.5. The summed E-state index contributed by atoms with van der Waals surface area (Å²) in [4.78, 5) is 20.8. The second-order valence-corrected chi connectivity index (χ2v) is 6.06. The number of nitrogens with two attached hydrogens (primary N) is 1. The van der Waals surface area contributed by atoms with Gasteiger partial charge in [-0.3, -0.25) is 4.79 Å². The van der Waals surface area contributed by atoms with Gasteiger partial charge >= 0.3 is 0 Å². The van der Waals surface area contributed by atoms with Crippen LogP contribution in [-0.4, -0.2) is 41.0 Å². The monoisotopic (exact) mass is 291 g/mol. The molecule has 0 atom stereocenters. The van der Waals surface area contributed by atoms with Crippen LogP contribution in [0.5, 0.6) is 0 Å². The Bertz CT molecular complexity index is 645. The maximum absolute atomic E-state index is 12.0. The number of nitrogens with zero attached hydrogens (tertiary/aromatic N) is 4. The normalized spacial score (nSPS) is 14.2. The summed E-state index contributed by atoms with van der Waals surface area (Å²) in [6, 6.07) is 1.89. The number of anilines is 2. The van der Waals surface area contributed by atoms with Gasteiger partial charge in [-0.15, -0.1) is 11.3 Å². The van der Waals surface area contributed by atoms with Crippen molar-refractivity contribution in [1.82, 2.24) is 14.5 Å². The van der Waals surface area contributed by atoms with Gasteiger partial charge in [0.25, 0.3) is 5.91 Å². The Morgan fingerprint density at radius 2 is 2.25 bits per heavy atom. The van der Waals surface area contributed by atoms with E-state index in [4.69, 9.17) is 5.73 Å². The third kappa shape index (κ3) is 2.14. The van der Waals surface area contributed by atoms with Crippen molar-refractivity contribution >= 4 is 27.9 Å². The van der Waals surface area contributed by atoms with Gasteiger partial charge in [-0.2, -0.15) is 0 Å². The van der Waals surface area contributed by atoms with Gasteiger partial charge in [-0.05, 0) is 6.07 Å². The highest BCUT2D eigenvalue weighted by atomic mass is 32.1. The number of fused-ring (bicyclic) bond motifs is 1. The van der Waals surface area contributed by atoms with E-state index in [2.05, 4.69) is 14.5 Å². The van der Waals surface area contributed by atoms with Crippen LogP contribution in [0.2, 0.25) is 0 Å². The predicted molar refractivity (Wildman–Crippen MR) is 80.0 cm³/mol. The minimum absolute atomic E-state index is 0.0442. The molecule has 0 aromatic carbocycles. The van der Waals surface area contributed by atoms with Crippen molar-refractivity contribution in [2.75, 3.05) is 31.3 Å². The van der Waals surface area contributed by atoms with Gasteiger partial charge in [0, 0.05) is 39.6 Å². The highest BCUT2D eigenvalue weighted by Gasteiger charge is 2.22. The molecule has 0 radical (unpaired) electrons. The first-order chi connectivity index (χ1) is 9.56. The largest absolute Gasteiger partial charge is 0.397 e. The topological polar surface area (TPSA) is 67.4 Å². The summed E-state index contributed by atoms with van der Waals surface area (Å²) in [6.07, 6.45) is 3.82. The van der Waals surface area contributed by atoms with Gasteiger partial charge in [0.15, 0.2) is 0 Å². The van der Waals surface area contributed by atoms with Gasteiger partial charge in [0.2, 0.25) is 0 Å². The average molecular weight is 291 g/mol. The standard InChI is InChI=1S/C13H17N5OS/c1-16(2)13(19)12-9(14)7-11(20-12)18-6-5-17-4-3-15-10(17)8-18/h3-4,7H,5-6,8,14H2,1-2H3. The predicted octanol–water partition coefficient (Wildman–Crippen LogP) is 1.25. The lowest BCUT2D eigenvalue weighted by atomic mass is 10.3. The Hall–Kier alpha value is -2.02. The SMILES string of the molecule is CN(C)C(=O)c1sc(N2CCn3ccnc3C2)cc1N. The van der Waals surface area contributed by atoms with Crippen molar-refractivity contribution < 1.29 is 4.79 Å². The highest BCUT2D eigenvalue weighted by Crippen LogP contribution is 2.34. The molecule has 1 amide bonds. The van der Waals surface area contributed by atoms with Crippen molar-refractivity contribution in [3.63, 3.8) is 0 Å². The molecule has 2 aromatic heterocycles. The van der Waals surface area contributed by atoms with Crippen LogP contribution < -0.4 is 10.6 Å². The van der Waals surface area contributed by atoms with Crippen molar-refractivity contribution in [2.45, 2.75) is 13.1 Å². The summed E-state index contributed by atoms with van der Waals surface area (Å²) >= 11 is 1.45. The summed E-state index contributed by atoms with van der Waals surface area (Å²) in [5, 5.41) is 1.03. The van der Waals surface area contributed by atoms with Crippen LogP contribution in [0.4, 0.5) is 10.7 Å². The van der Waals surface area contributed by atoms with Crippen LogP contribution in [0.15, 0.2) is 18.5 Å². The van der Waals surface area contributed by atoms with E-state index in [0.717, 1.165) is 30.5 Å². The Kier molecular flexibility index (Phi) is 3.13. The maximum Gasteiger partial charge on any atom is 0.265 e. The number of nitrogen functional groups attached to an aromatic ring is 1. The lowest BCUT2D eigenvalue weighted by Gasteiger charge is -2.28. The summed E-state index contributed by atoms with van der Waals surface area (Å²) in [7, 11) is 3.47. The molecule has 0 aliphatic carbocycles. The van der Waals surface area contributed by atoms with Gasteiger partial charge in [0.05, 0.1) is 17.2 Å². The highest BCUT2D eigenvalue weighted by molar-refractivity contribution is 7.18. The van der Waals surface area contributed by atoms with Gasteiger partial charge in [-0.1, -0.05) is 0 Å². The lowest BCUT2D eigenvalue weighted by Crippen LogP contribution is -2.33. The van der Waals surface area contributed by atoms with E-state index in [9.17, 15) is 4.79 Å². The number of amides is 1. The minimum Gasteiger partial charge on any atom is -0.397 e. The Labute approximate surface area is 121 Å². The van der Waals surface area contributed by atoms with Crippen molar-refractivity contribution in [3.05, 3.63) is 29.2 Å². The summed E-state index contributed by atoms with van der Waals surface area (Å²) in [6.45, 7) is 2.56. The molecular weight excluding hydrogens is 274 g/mol. The van der Waals surface area contributed by atoms with Gasteiger partial charge in [-0.25, -0.2) is 4.98 Å². The van der Waals surface area contributed by atoms with E-state index in [-0.39, 0.29) is 5.91 Å². The number of hydrogen-bond acceptors (Lipinski definition) is 5. The smallest absolute Gasteiger partial charge is 0.265 e. The van der Waals surface area contributed by atoms with Crippen molar-refractivity contribution in [2.24, 2.45) is 0 Å². The van der Waals surface area contributed by atoms with Crippen molar-refractivity contribution in [1.29, 1.82) is 0 Å². The molecule has 0 spiro atoms. The summed E-state index contributed by atoms with van der Waals surface area (Å²) in [5.74, 6) is 1.00. The Morgan fingerprint density at radius 3 is 3.00 bits per heavy atom. The van der Waals surface area contributed by atoms with Gasteiger partial charge in [0.1, 0.15) is 10.7 Å². The molecule has 0 fully saturated rings. The molecule has 6 nitrogen and oxygen atoms in total. The molecule has 0 bridgehead atoms. The van der Waals surface area contributed by atoms with E-state index in [1.165, 1.54) is 11.3 Å². The quantitative estimate of drug-likeness (QED) is 0.904. The molecule has 106 valence electrons. The first kappa shape index (κ1) is 13.0. The fourth-order valence-corrected chi connectivity index (χ4v) is 3.41. The number of imidazole rings is 1. The molecule has 3 heterocycles. The molecule has 2 aromatic rings. The molecule has 0 unspecified atom stereocenters. The summed E-state index contributed by atoms with van der Waals surface area (Å²) in [5.41, 5.74) is 6.53. The van der Waals surface area contributed by atoms with Crippen LogP contribution in [0.3, 0.4) is 0 Å². The minimum atomic E-state index is -0.0442. The average Bonchev–Trinajstić information content (AvgIpc) is 3.02. The zero-order valence-corrected chi connectivity index (χ0v) is 12.4. The molecule has 3 rings (SSSR count). The third-order valence-corrected chi connectivity index (χ3v) is 4.60. The number of thiophene rings is 1. The van der Waals surface area contributed by atoms with E-state index < -0.39 is 0 Å². The van der Waals surface area contributed by atoms with Crippen LogP contribution in [0.25, 0.3) is 0 Å². The molecule has 1 aliphatic heterocycles. The summed E-state index contributed by atoms with van der Waals surface area (Å²) < 4.78 is 2.15. The second-order valence-electron chi connectivity index (χ2n) is 5.03. The number of hydrogen-bond donors (Lipinski definition) is 1. The molecule has 7 heteroatoms. The van der Waals surface area contributed by atoms with Crippen LogP contribution in [-0.2, 0) is 13.1 Å². The number of carbonyl (C=O) groups excluding carboxylic acids is 1.